The molecule has 2 N–H and O–H groups in total. The summed E-state index contributed by atoms with van der Waals surface area (Å²) in [5.74, 6) is 0.631. The summed E-state index contributed by atoms with van der Waals surface area (Å²) >= 11 is 0. The van der Waals surface area contributed by atoms with E-state index in [0.29, 0.717) is 31.4 Å². The van der Waals surface area contributed by atoms with Crippen LogP contribution in [0.2, 0.25) is 0 Å². The van der Waals surface area contributed by atoms with E-state index in [-0.39, 0.29) is 12.5 Å². The third-order valence-corrected chi connectivity index (χ3v) is 4.77. The summed E-state index contributed by atoms with van der Waals surface area (Å²) in [7, 11) is 0. The molecule has 1 aromatic carbocycles. The number of aromatic nitrogens is 2. The number of benzene rings is 1. The van der Waals surface area contributed by atoms with Crippen LogP contribution in [-0.2, 0) is 18.0 Å². The summed E-state index contributed by atoms with van der Waals surface area (Å²) in [6, 6.07) is 6.31. The van der Waals surface area contributed by atoms with Gasteiger partial charge in [0.25, 0.3) is 5.56 Å². The quantitative estimate of drug-likeness (QED) is 0.500. The number of ether oxygens (including phenoxy) is 2. The molecule has 29 heavy (non-hydrogen) atoms. The molecular formula is C21H28FN3O4. The minimum absolute atomic E-state index is 0.129. The third kappa shape index (κ3) is 7.47. The topological polar surface area (TPSA) is 85.3 Å². The van der Waals surface area contributed by atoms with Crippen molar-refractivity contribution in [2.45, 2.75) is 45.4 Å². The smallest absolute Gasteiger partial charge is 0.330 e. The lowest BCUT2D eigenvalue weighted by atomic mass is 10.2. The molecule has 0 amide bonds. The number of halogens is 1. The molecule has 0 unspecified atom stereocenters. The molecule has 0 aliphatic heterocycles. The van der Waals surface area contributed by atoms with Gasteiger partial charge >= 0.3 is 5.69 Å². The van der Waals surface area contributed by atoms with E-state index in [1.54, 1.807) is 12.1 Å². The average Bonchev–Trinajstić information content (AvgIpc) is 3.52. The summed E-state index contributed by atoms with van der Waals surface area (Å²) in [6.07, 6.45) is 6.65. The van der Waals surface area contributed by atoms with Crippen molar-refractivity contribution in [1.29, 1.82) is 0 Å². The second-order valence-corrected chi connectivity index (χ2v) is 7.37. The number of unbranched alkanes of at least 4 members (excludes halogenated alkanes) is 2. The molecule has 3 rings (SSSR count). The first-order valence-electron chi connectivity index (χ1n) is 10.1. The zero-order valence-electron chi connectivity index (χ0n) is 16.5. The minimum Gasteiger partial charge on any atom is -0.490 e. The van der Waals surface area contributed by atoms with Crippen LogP contribution in [-0.4, -0.2) is 29.3 Å². The minimum atomic E-state index is -0.469. The number of H-pyrrole nitrogens is 1. The van der Waals surface area contributed by atoms with E-state index in [2.05, 4.69) is 10.3 Å². The average molecular weight is 405 g/mol. The van der Waals surface area contributed by atoms with E-state index in [9.17, 15) is 14.0 Å². The second-order valence-electron chi connectivity index (χ2n) is 7.37. The van der Waals surface area contributed by atoms with Crippen LogP contribution < -0.4 is 21.3 Å². The van der Waals surface area contributed by atoms with Crippen molar-refractivity contribution in [2.75, 3.05) is 19.8 Å². The molecule has 0 saturated heterocycles. The predicted octanol–water partition coefficient (Wildman–Crippen LogP) is 2.40. The van der Waals surface area contributed by atoms with Crippen molar-refractivity contribution >= 4 is 0 Å². The Kier molecular flexibility index (Phi) is 8.01. The van der Waals surface area contributed by atoms with Gasteiger partial charge in [-0.15, -0.1) is 0 Å². The summed E-state index contributed by atoms with van der Waals surface area (Å²) in [5.41, 5.74) is 0.122. The highest BCUT2D eigenvalue weighted by Crippen LogP contribution is 2.30. The monoisotopic (exact) mass is 405 g/mol. The molecule has 1 saturated carbocycles. The second kappa shape index (κ2) is 10.9. The molecule has 1 aromatic heterocycles. The molecule has 1 aliphatic carbocycles. The van der Waals surface area contributed by atoms with Crippen molar-refractivity contribution in [2.24, 2.45) is 5.92 Å². The third-order valence-electron chi connectivity index (χ3n) is 4.77. The molecule has 7 nitrogen and oxygen atoms in total. The van der Waals surface area contributed by atoms with Gasteiger partial charge in [0.2, 0.25) is 0 Å². The first-order chi connectivity index (χ1) is 14.1. The molecule has 0 atom stereocenters. The van der Waals surface area contributed by atoms with Gasteiger partial charge in [-0.1, -0.05) is 6.07 Å². The number of nitrogens with one attached hydrogen (secondary N) is 2. The number of hydrogen-bond acceptors (Lipinski definition) is 5. The molecule has 2 aromatic rings. The van der Waals surface area contributed by atoms with Crippen LogP contribution in [0.4, 0.5) is 4.39 Å². The number of nitrogens with zero attached hydrogens (tertiary/aromatic N) is 1. The Labute approximate surface area is 168 Å². The van der Waals surface area contributed by atoms with Crippen LogP contribution in [0.15, 0.2) is 40.1 Å². The standard InChI is InChI=1S/C21H28FN3O4/c22-18-7-6-17(12-19(18)29-14-16-4-5-16)13-23-9-2-1-3-11-28-15-25-10-8-20(26)24-21(25)27/h6-8,10,12,16,23H,1-5,9,11,13-15H2,(H,24,26,27). The van der Waals surface area contributed by atoms with Crippen LogP contribution in [0.1, 0.15) is 37.7 Å². The summed E-state index contributed by atoms with van der Waals surface area (Å²) < 4.78 is 26.1. The first kappa shape index (κ1) is 21.3. The van der Waals surface area contributed by atoms with Gasteiger partial charge < -0.3 is 14.8 Å². The van der Waals surface area contributed by atoms with Gasteiger partial charge in [0.1, 0.15) is 6.73 Å². The van der Waals surface area contributed by atoms with Crippen LogP contribution >= 0.6 is 0 Å². The molecule has 1 heterocycles. The maximum absolute atomic E-state index is 13.8. The van der Waals surface area contributed by atoms with Gasteiger partial charge in [-0.25, -0.2) is 9.18 Å². The normalized spacial score (nSPS) is 13.6. The van der Waals surface area contributed by atoms with Gasteiger partial charge in [0.05, 0.1) is 6.61 Å². The van der Waals surface area contributed by atoms with Gasteiger partial charge in [0.15, 0.2) is 11.6 Å². The Morgan fingerprint density at radius 2 is 2.03 bits per heavy atom. The largest absolute Gasteiger partial charge is 0.490 e. The molecule has 1 fully saturated rings. The Bertz CT molecular complexity index is 892. The fraction of sp³-hybridized carbons (Fsp3) is 0.524. The van der Waals surface area contributed by atoms with Crippen molar-refractivity contribution in [3.8, 4) is 5.75 Å². The zero-order chi connectivity index (χ0) is 20.5. The lowest BCUT2D eigenvalue weighted by molar-refractivity contribution is 0.0707. The Balaban J connectivity index is 1.24. The van der Waals surface area contributed by atoms with E-state index in [0.717, 1.165) is 31.4 Å². The Morgan fingerprint density at radius 3 is 2.83 bits per heavy atom. The lowest BCUT2D eigenvalue weighted by Gasteiger charge is -2.10. The molecule has 158 valence electrons. The summed E-state index contributed by atoms with van der Waals surface area (Å²) in [5, 5.41) is 3.36. The van der Waals surface area contributed by atoms with Crippen LogP contribution in [0.25, 0.3) is 0 Å². The van der Waals surface area contributed by atoms with Gasteiger partial charge in [-0.05, 0) is 62.3 Å². The van der Waals surface area contributed by atoms with E-state index in [4.69, 9.17) is 9.47 Å². The summed E-state index contributed by atoms with van der Waals surface area (Å²) in [4.78, 5) is 24.7. The number of aromatic amines is 1. The maximum atomic E-state index is 13.8. The van der Waals surface area contributed by atoms with E-state index in [1.165, 1.54) is 35.7 Å². The molecule has 0 radical (unpaired) electrons. The molecule has 1 aliphatic rings. The van der Waals surface area contributed by atoms with Crippen molar-refractivity contribution in [3.05, 3.63) is 62.7 Å². The van der Waals surface area contributed by atoms with Gasteiger partial charge in [0, 0.05) is 25.4 Å². The fourth-order valence-electron chi connectivity index (χ4n) is 2.83. The zero-order valence-corrected chi connectivity index (χ0v) is 16.5. The van der Waals surface area contributed by atoms with E-state index in [1.807, 2.05) is 0 Å². The highest BCUT2D eigenvalue weighted by atomic mass is 19.1. The van der Waals surface area contributed by atoms with Crippen molar-refractivity contribution in [3.63, 3.8) is 0 Å². The Hall–Kier alpha value is -2.45. The van der Waals surface area contributed by atoms with Crippen LogP contribution in [0.3, 0.4) is 0 Å². The van der Waals surface area contributed by atoms with E-state index >= 15 is 0 Å². The van der Waals surface area contributed by atoms with Gasteiger partial charge in [-0.3, -0.25) is 14.3 Å². The number of rotatable bonds is 13. The number of hydrogen-bond donors (Lipinski definition) is 2. The molecule has 0 bridgehead atoms. The highest BCUT2D eigenvalue weighted by molar-refractivity contribution is 5.30. The summed E-state index contributed by atoms with van der Waals surface area (Å²) in [6.45, 7) is 2.81. The predicted molar refractivity (Wildman–Crippen MR) is 107 cm³/mol. The first-order valence-corrected chi connectivity index (χ1v) is 10.1. The van der Waals surface area contributed by atoms with Crippen molar-refractivity contribution < 1.29 is 13.9 Å². The van der Waals surface area contributed by atoms with Crippen LogP contribution in [0, 0.1) is 11.7 Å². The fourth-order valence-corrected chi connectivity index (χ4v) is 2.83. The molecule has 8 heteroatoms. The van der Waals surface area contributed by atoms with E-state index < -0.39 is 11.2 Å². The van der Waals surface area contributed by atoms with Crippen LogP contribution in [0.5, 0.6) is 5.75 Å². The molecular weight excluding hydrogens is 377 g/mol. The molecule has 0 spiro atoms. The Morgan fingerprint density at radius 1 is 1.17 bits per heavy atom. The SMILES string of the molecule is O=c1ccn(COCCCCCNCc2ccc(F)c(OCC3CC3)c2)c(=O)[nH]1. The van der Waals surface area contributed by atoms with Gasteiger partial charge in [-0.2, -0.15) is 0 Å². The lowest BCUT2D eigenvalue weighted by Crippen LogP contribution is -2.29. The maximum Gasteiger partial charge on any atom is 0.330 e. The van der Waals surface area contributed by atoms with Crippen molar-refractivity contribution in [1.82, 2.24) is 14.9 Å². The highest BCUT2D eigenvalue weighted by Gasteiger charge is 2.22.